The highest BCUT2D eigenvalue weighted by Gasteiger charge is 2.24. The van der Waals surface area contributed by atoms with E-state index in [1.807, 2.05) is 4.90 Å². The number of hydrogen-bond acceptors (Lipinski definition) is 5. The number of likely N-dealkylation sites (N-methyl/N-ethyl adjacent to an activating group) is 1. The van der Waals surface area contributed by atoms with Gasteiger partial charge < -0.3 is 19.3 Å². The van der Waals surface area contributed by atoms with Gasteiger partial charge in [-0.1, -0.05) is 0 Å². The van der Waals surface area contributed by atoms with Crippen molar-refractivity contribution in [3.8, 4) is 0 Å². The molecule has 2 rings (SSSR count). The summed E-state index contributed by atoms with van der Waals surface area (Å²) in [5.74, 6) is -1.06. The van der Waals surface area contributed by atoms with E-state index < -0.39 is 5.97 Å². The van der Waals surface area contributed by atoms with Crippen LogP contribution in [-0.2, 0) is 0 Å². The van der Waals surface area contributed by atoms with Crippen molar-refractivity contribution in [2.45, 2.75) is 13.0 Å². The van der Waals surface area contributed by atoms with Gasteiger partial charge in [-0.05, 0) is 14.0 Å². The molecule has 0 amide bonds. The zero-order valence-electron chi connectivity index (χ0n) is 9.38. The third kappa shape index (κ3) is 2.01. The van der Waals surface area contributed by atoms with Gasteiger partial charge >= 0.3 is 5.97 Å². The highest BCUT2D eigenvalue weighted by molar-refractivity contribution is 5.85. The summed E-state index contributed by atoms with van der Waals surface area (Å²) in [6.45, 7) is 4.65. The van der Waals surface area contributed by atoms with Gasteiger partial charge in [0.15, 0.2) is 5.69 Å². The second-order valence-corrected chi connectivity index (χ2v) is 4.10. The quantitative estimate of drug-likeness (QED) is 0.791. The lowest BCUT2D eigenvalue weighted by atomic mass is 10.2. The molecule has 88 valence electrons. The first-order chi connectivity index (χ1) is 7.58. The van der Waals surface area contributed by atoms with Gasteiger partial charge in [-0.3, -0.25) is 0 Å². The fourth-order valence-corrected chi connectivity index (χ4v) is 1.73. The van der Waals surface area contributed by atoms with E-state index in [9.17, 15) is 4.79 Å². The zero-order chi connectivity index (χ0) is 11.7. The maximum atomic E-state index is 10.7. The lowest BCUT2D eigenvalue weighted by Gasteiger charge is -2.36. The van der Waals surface area contributed by atoms with Crippen molar-refractivity contribution in [3.05, 3.63) is 12.0 Å². The molecule has 0 spiro atoms. The molecule has 1 atom stereocenters. The number of carboxylic acid groups (broad SMARTS) is 1. The number of rotatable bonds is 2. The standard InChI is InChI=1S/C10H15N3O3/c1-7-5-13(4-3-12(7)2)10-11-8(6-16-10)9(14)15/h6-7H,3-5H2,1-2H3,(H,14,15). The Bertz CT molecular complexity index is 390. The van der Waals surface area contributed by atoms with Crippen LogP contribution < -0.4 is 4.90 Å². The largest absolute Gasteiger partial charge is 0.476 e. The Hall–Kier alpha value is -1.56. The Balaban J connectivity index is 2.09. The Kier molecular flexibility index (Phi) is 2.82. The van der Waals surface area contributed by atoms with Crippen LogP contribution >= 0.6 is 0 Å². The molecule has 2 heterocycles. The predicted molar refractivity (Wildman–Crippen MR) is 57.8 cm³/mol. The van der Waals surface area contributed by atoms with Gasteiger partial charge in [0.1, 0.15) is 6.26 Å². The summed E-state index contributed by atoms with van der Waals surface area (Å²) in [6.07, 6.45) is 1.18. The summed E-state index contributed by atoms with van der Waals surface area (Å²) >= 11 is 0. The van der Waals surface area contributed by atoms with Crippen LogP contribution in [0.2, 0.25) is 0 Å². The fourth-order valence-electron chi connectivity index (χ4n) is 1.73. The molecule has 16 heavy (non-hydrogen) atoms. The number of hydrogen-bond donors (Lipinski definition) is 1. The Morgan fingerprint density at radius 3 is 2.94 bits per heavy atom. The minimum Gasteiger partial charge on any atom is -0.476 e. The highest BCUT2D eigenvalue weighted by Crippen LogP contribution is 2.17. The minimum absolute atomic E-state index is 0.0402. The number of anilines is 1. The minimum atomic E-state index is -1.06. The van der Waals surface area contributed by atoms with Crippen molar-refractivity contribution >= 4 is 12.0 Å². The second-order valence-electron chi connectivity index (χ2n) is 4.10. The van der Waals surface area contributed by atoms with E-state index in [1.165, 1.54) is 6.26 Å². The summed E-state index contributed by atoms with van der Waals surface area (Å²) in [6, 6.07) is 0.811. The molecule has 1 N–H and O–H groups in total. The van der Waals surface area contributed by atoms with Crippen LogP contribution in [0.15, 0.2) is 10.7 Å². The topological polar surface area (TPSA) is 69.8 Å². The van der Waals surface area contributed by atoms with E-state index in [1.54, 1.807) is 0 Å². The molecule has 1 aliphatic heterocycles. The molecule has 1 saturated heterocycles. The first-order valence-electron chi connectivity index (χ1n) is 5.22. The summed E-state index contributed by atoms with van der Waals surface area (Å²) < 4.78 is 5.16. The predicted octanol–water partition coefficient (Wildman–Crippen LogP) is 0.513. The maximum Gasteiger partial charge on any atom is 0.357 e. The van der Waals surface area contributed by atoms with E-state index in [0.29, 0.717) is 12.1 Å². The molecule has 0 aliphatic carbocycles. The van der Waals surface area contributed by atoms with Crippen molar-refractivity contribution in [3.63, 3.8) is 0 Å². The van der Waals surface area contributed by atoms with Gasteiger partial charge in [0, 0.05) is 25.7 Å². The molecule has 0 saturated carbocycles. The molecule has 1 unspecified atom stereocenters. The van der Waals surface area contributed by atoms with E-state index in [-0.39, 0.29) is 5.69 Å². The van der Waals surface area contributed by atoms with E-state index >= 15 is 0 Å². The number of piperazine rings is 1. The third-order valence-electron chi connectivity index (χ3n) is 2.94. The summed E-state index contributed by atoms with van der Waals surface area (Å²) in [4.78, 5) is 18.8. The smallest absolute Gasteiger partial charge is 0.357 e. The van der Waals surface area contributed by atoms with E-state index in [4.69, 9.17) is 9.52 Å². The van der Waals surface area contributed by atoms with Gasteiger partial charge in [0.25, 0.3) is 6.01 Å². The molecule has 6 heteroatoms. The third-order valence-corrected chi connectivity index (χ3v) is 2.94. The van der Waals surface area contributed by atoms with Crippen molar-refractivity contribution in [1.29, 1.82) is 0 Å². The van der Waals surface area contributed by atoms with Crippen LogP contribution in [0.1, 0.15) is 17.4 Å². The molecule has 0 aromatic carbocycles. The average Bonchev–Trinajstić information content (AvgIpc) is 2.71. The summed E-state index contributed by atoms with van der Waals surface area (Å²) in [7, 11) is 2.07. The molecule has 6 nitrogen and oxygen atoms in total. The molecule has 1 aromatic rings. The Morgan fingerprint density at radius 2 is 2.38 bits per heavy atom. The van der Waals surface area contributed by atoms with Gasteiger partial charge in [0.05, 0.1) is 0 Å². The number of aromatic nitrogens is 1. The van der Waals surface area contributed by atoms with Crippen LogP contribution in [0.3, 0.4) is 0 Å². The monoisotopic (exact) mass is 225 g/mol. The lowest BCUT2D eigenvalue weighted by Crippen LogP contribution is -2.50. The normalized spacial score (nSPS) is 22.4. The molecule has 0 radical (unpaired) electrons. The molecule has 1 aliphatic rings. The Morgan fingerprint density at radius 1 is 1.62 bits per heavy atom. The number of carbonyl (C=O) groups is 1. The first-order valence-corrected chi connectivity index (χ1v) is 5.22. The van der Waals surface area contributed by atoms with Gasteiger partial charge in [-0.2, -0.15) is 4.98 Å². The number of nitrogens with zero attached hydrogens (tertiary/aromatic N) is 3. The van der Waals surface area contributed by atoms with Crippen LogP contribution in [-0.4, -0.2) is 53.7 Å². The van der Waals surface area contributed by atoms with Crippen LogP contribution in [0.25, 0.3) is 0 Å². The van der Waals surface area contributed by atoms with E-state index in [0.717, 1.165) is 19.6 Å². The maximum absolute atomic E-state index is 10.7. The van der Waals surface area contributed by atoms with Crippen molar-refractivity contribution in [2.75, 3.05) is 31.6 Å². The molecular formula is C10H15N3O3. The average molecular weight is 225 g/mol. The Labute approximate surface area is 93.5 Å². The van der Waals surface area contributed by atoms with Crippen molar-refractivity contribution < 1.29 is 14.3 Å². The molecule has 0 bridgehead atoms. The number of aromatic carboxylic acids is 1. The highest BCUT2D eigenvalue weighted by atomic mass is 16.4. The lowest BCUT2D eigenvalue weighted by molar-refractivity contribution is 0.0690. The van der Waals surface area contributed by atoms with Gasteiger partial charge in [-0.15, -0.1) is 0 Å². The second kappa shape index (κ2) is 4.13. The molecule has 1 fully saturated rings. The summed E-state index contributed by atoms with van der Waals surface area (Å²) in [5, 5.41) is 8.74. The number of oxazole rings is 1. The van der Waals surface area contributed by atoms with Crippen molar-refractivity contribution in [2.24, 2.45) is 0 Å². The van der Waals surface area contributed by atoms with E-state index in [2.05, 4.69) is 23.9 Å². The van der Waals surface area contributed by atoms with Gasteiger partial charge in [-0.25, -0.2) is 4.79 Å². The fraction of sp³-hybridized carbons (Fsp3) is 0.600. The van der Waals surface area contributed by atoms with Crippen LogP contribution in [0.5, 0.6) is 0 Å². The zero-order valence-corrected chi connectivity index (χ0v) is 9.38. The molecular weight excluding hydrogens is 210 g/mol. The SMILES string of the molecule is CC1CN(c2nc(C(=O)O)co2)CCN1C. The first kappa shape index (κ1) is 10.9. The summed E-state index contributed by atoms with van der Waals surface area (Å²) in [5.41, 5.74) is -0.0402. The van der Waals surface area contributed by atoms with Crippen LogP contribution in [0, 0.1) is 0 Å². The van der Waals surface area contributed by atoms with Crippen LogP contribution in [0.4, 0.5) is 6.01 Å². The van der Waals surface area contributed by atoms with Gasteiger partial charge in [0.2, 0.25) is 0 Å². The molecule has 1 aromatic heterocycles. The van der Waals surface area contributed by atoms with Crippen molar-refractivity contribution in [1.82, 2.24) is 9.88 Å². The number of carboxylic acids is 1.